The molecule has 1 aliphatic rings. The predicted octanol–water partition coefficient (Wildman–Crippen LogP) is 1.59. The molecule has 3 rings (SSSR count). The van der Waals surface area contributed by atoms with Crippen LogP contribution in [-0.2, 0) is 9.59 Å². The molecule has 2 aromatic rings. The summed E-state index contributed by atoms with van der Waals surface area (Å²) in [6.45, 7) is 0. The quantitative estimate of drug-likeness (QED) is 0.837. The number of aliphatic carboxylic acids is 1. The first-order valence-corrected chi connectivity index (χ1v) is 5.65. The Balaban J connectivity index is 2.38. The standard InChI is InChI=1S/C14H11NO3/c15-13(16)11-8-5-1-3-7-4-2-6-9(10(7)8)12(11)14(17)18/h1-6,11-12H,(H2,15,16)(H,17,18). The zero-order chi connectivity index (χ0) is 12.9. The van der Waals surface area contributed by atoms with Gasteiger partial charge >= 0.3 is 5.97 Å². The Kier molecular flexibility index (Phi) is 2.13. The van der Waals surface area contributed by atoms with E-state index in [1.807, 2.05) is 18.2 Å². The van der Waals surface area contributed by atoms with Crippen molar-refractivity contribution in [2.45, 2.75) is 11.8 Å². The lowest BCUT2D eigenvalue weighted by Gasteiger charge is -2.14. The van der Waals surface area contributed by atoms with Gasteiger partial charge in [0.2, 0.25) is 5.91 Å². The van der Waals surface area contributed by atoms with Crippen LogP contribution >= 0.6 is 0 Å². The van der Waals surface area contributed by atoms with E-state index in [4.69, 9.17) is 5.73 Å². The number of benzene rings is 2. The molecule has 3 N–H and O–H groups in total. The molecule has 90 valence electrons. The molecule has 0 aromatic heterocycles. The van der Waals surface area contributed by atoms with Crippen molar-refractivity contribution >= 4 is 22.6 Å². The van der Waals surface area contributed by atoms with Gasteiger partial charge in [-0.3, -0.25) is 9.59 Å². The summed E-state index contributed by atoms with van der Waals surface area (Å²) < 4.78 is 0. The molecular weight excluding hydrogens is 230 g/mol. The van der Waals surface area contributed by atoms with Crippen LogP contribution < -0.4 is 5.73 Å². The number of hydrogen-bond acceptors (Lipinski definition) is 2. The Labute approximate surface area is 103 Å². The second-order valence-electron chi connectivity index (χ2n) is 4.49. The molecule has 2 atom stereocenters. The number of amides is 1. The molecule has 0 heterocycles. The Morgan fingerprint density at radius 1 is 1.00 bits per heavy atom. The molecule has 0 saturated heterocycles. The Hall–Kier alpha value is -2.36. The highest BCUT2D eigenvalue weighted by molar-refractivity contribution is 6.04. The van der Waals surface area contributed by atoms with Crippen molar-refractivity contribution in [2.75, 3.05) is 0 Å². The highest BCUT2D eigenvalue weighted by Crippen LogP contribution is 2.46. The maximum Gasteiger partial charge on any atom is 0.312 e. The van der Waals surface area contributed by atoms with Crippen LogP contribution in [0, 0.1) is 0 Å². The zero-order valence-electron chi connectivity index (χ0n) is 9.46. The number of carboxylic acids is 1. The first-order valence-electron chi connectivity index (χ1n) is 5.65. The third-order valence-electron chi connectivity index (χ3n) is 3.55. The smallest absolute Gasteiger partial charge is 0.312 e. The molecular formula is C14H11NO3. The van der Waals surface area contributed by atoms with Crippen molar-refractivity contribution in [2.24, 2.45) is 5.73 Å². The van der Waals surface area contributed by atoms with E-state index in [0.29, 0.717) is 5.56 Å². The van der Waals surface area contributed by atoms with Crippen molar-refractivity contribution in [3.8, 4) is 0 Å². The summed E-state index contributed by atoms with van der Waals surface area (Å²) in [6, 6.07) is 11.0. The summed E-state index contributed by atoms with van der Waals surface area (Å²) in [5, 5.41) is 11.2. The molecule has 18 heavy (non-hydrogen) atoms. The van der Waals surface area contributed by atoms with Gasteiger partial charge in [-0.1, -0.05) is 36.4 Å². The fourth-order valence-corrected chi connectivity index (χ4v) is 2.87. The van der Waals surface area contributed by atoms with E-state index in [9.17, 15) is 14.7 Å². The molecule has 0 fully saturated rings. The summed E-state index contributed by atoms with van der Waals surface area (Å²) >= 11 is 0. The van der Waals surface area contributed by atoms with Gasteiger partial charge in [-0.15, -0.1) is 0 Å². The van der Waals surface area contributed by atoms with E-state index in [2.05, 4.69) is 0 Å². The van der Waals surface area contributed by atoms with Gasteiger partial charge in [0.05, 0.1) is 11.8 Å². The van der Waals surface area contributed by atoms with Crippen LogP contribution in [0.15, 0.2) is 36.4 Å². The molecule has 4 nitrogen and oxygen atoms in total. The summed E-state index contributed by atoms with van der Waals surface area (Å²) in [5.74, 6) is -3.25. The Morgan fingerprint density at radius 3 is 2.06 bits per heavy atom. The van der Waals surface area contributed by atoms with E-state index in [-0.39, 0.29) is 0 Å². The van der Waals surface area contributed by atoms with Gasteiger partial charge in [-0.25, -0.2) is 0 Å². The minimum atomic E-state index is -1.01. The van der Waals surface area contributed by atoms with E-state index < -0.39 is 23.7 Å². The first kappa shape index (κ1) is 10.8. The number of carbonyl (C=O) groups is 2. The number of rotatable bonds is 2. The molecule has 1 amide bonds. The Bertz CT molecular complexity index is 623. The topological polar surface area (TPSA) is 80.4 Å². The van der Waals surface area contributed by atoms with Gasteiger partial charge in [0.25, 0.3) is 0 Å². The summed E-state index contributed by atoms with van der Waals surface area (Å²) in [5.41, 5.74) is 6.78. The van der Waals surface area contributed by atoms with E-state index in [0.717, 1.165) is 16.3 Å². The summed E-state index contributed by atoms with van der Waals surface area (Å²) in [7, 11) is 0. The fraction of sp³-hybridized carbons (Fsp3) is 0.143. The lowest BCUT2D eigenvalue weighted by molar-refractivity contribution is -0.141. The van der Waals surface area contributed by atoms with Crippen molar-refractivity contribution in [1.82, 2.24) is 0 Å². The van der Waals surface area contributed by atoms with Crippen molar-refractivity contribution < 1.29 is 14.7 Å². The van der Waals surface area contributed by atoms with Gasteiger partial charge in [-0.05, 0) is 21.9 Å². The van der Waals surface area contributed by atoms with Crippen molar-refractivity contribution in [3.63, 3.8) is 0 Å². The van der Waals surface area contributed by atoms with Gasteiger partial charge < -0.3 is 10.8 Å². The molecule has 0 radical (unpaired) electrons. The third kappa shape index (κ3) is 1.26. The van der Waals surface area contributed by atoms with E-state index in [1.54, 1.807) is 18.2 Å². The molecule has 1 aliphatic carbocycles. The monoisotopic (exact) mass is 241 g/mol. The highest BCUT2D eigenvalue weighted by atomic mass is 16.4. The van der Waals surface area contributed by atoms with Gasteiger partial charge in [0, 0.05) is 0 Å². The van der Waals surface area contributed by atoms with Crippen LogP contribution in [-0.4, -0.2) is 17.0 Å². The third-order valence-corrected chi connectivity index (χ3v) is 3.55. The SMILES string of the molecule is NC(=O)C1c2cccc3cccc(c23)C1C(=O)O. The first-order chi connectivity index (χ1) is 8.61. The number of carboxylic acid groups (broad SMARTS) is 1. The van der Waals surface area contributed by atoms with Gasteiger partial charge in [0.15, 0.2) is 0 Å². The molecule has 0 saturated carbocycles. The average molecular weight is 241 g/mol. The van der Waals surface area contributed by atoms with Crippen LogP contribution in [0.25, 0.3) is 10.8 Å². The number of nitrogens with two attached hydrogens (primary N) is 1. The molecule has 4 heteroatoms. The molecule has 0 bridgehead atoms. The average Bonchev–Trinajstić information content (AvgIpc) is 2.67. The number of primary amides is 1. The molecule has 0 spiro atoms. The zero-order valence-corrected chi connectivity index (χ0v) is 9.46. The highest BCUT2D eigenvalue weighted by Gasteiger charge is 2.42. The summed E-state index contributed by atoms with van der Waals surface area (Å²) in [6.07, 6.45) is 0. The van der Waals surface area contributed by atoms with Crippen LogP contribution in [0.3, 0.4) is 0 Å². The van der Waals surface area contributed by atoms with Crippen molar-refractivity contribution in [1.29, 1.82) is 0 Å². The lowest BCUT2D eigenvalue weighted by Crippen LogP contribution is -2.28. The second-order valence-corrected chi connectivity index (χ2v) is 4.49. The normalized spacial score (nSPS) is 21.1. The van der Waals surface area contributed by atoms with Gasteiger partial charge in [-0.2, -0.15) is 0 Å². The lowest BCUT2D eigenvalue weighted by atomic mass is 9.89. The second kappa shape index (κ2) is 3.57. The van der Waals surface area contributed by atoms with Crippen LogP contribution in [0.2, 0.25) is 0 Å². The maximum atomic E-state index is 11.6. The molecule has 0 aliphatic heterocycles. The maximum absolute atomic E-state index is 11.6. The minimum Gasteiger partial charge on any atom is -0.481 e. The molecule has 2 aromatic carbocycles. The largest absolute Gasteiger partial charge is 0.481 e. The van der Waals surface area contributed by atoms with E-state index in [1.165, 1.54) is 0 Å². The number of carbonyl (C=O) groups excluding carboxylic acids is 1. The van der Waals surface area contributed by atoms with Crippen molar-refractivity contribution in [3.05, 3.63) is 47.5 Å². The Morgan fingerprint density at radius 2 is 1.56 bits per heavy atom. The van der Waals surface area contributed by atoms with E-state index >= 15 is 0 Å². The fourth-order valence-electron chi connectivity index (χ4n) is 2.87. The molecule has 2 unspecified atom stereocenters. The van der Waals surface area contributed by atoms with Crippen LogP contribution in [0.4, 0.5) is 0 Å². The summed E-state index contributed by atoms with van der Waals surface area (Å²) in [4.78, 5) is 23.0. The van der Waals surface area contributed by atoms with Crippen LogP contribution in [0.5, 0.6) is 0 Å². The minimum absolute atomic E-state index is 0.592. The predicted molar refractivity (Wildman–Crippen MR) is 66.3 cm³/mol. The van der Waals surface area contributed by atoms with Gasteiger partial charge in [0.1, 0.15) is 0 Å². The number of hydrogen-bond donors (Lipinski definition) is 2. The van der Waals surface area contributed by atoms with Crippen LogP contribution in [0.1, 0.15) is 23.0 Å².